The fourth-order valence-corrected chi connectivity index (χ4v) is 2.89. The van der Waals surface area contributed by atoms with E-state index in [-0.39, 0.29) is 22.1 Å². The van der Waals surface area contributed by atoms with Crippen molar-refractivity contribution in [2.45, 2.75) is 11.5 Å². The van der Waals surface area contributed by atoms with Gasteiger partial charge >= 0.3 is 5.97 Å². The minimum Gasteiger partial charge on any atom is -0.457 e. The van der Waals surface area contributed by atoms with E-state index in [9.17, 15) is 18.0 Å². The van der Waals surface area contributed by atoms with Crippen molar-refractivity contribution < 1.29 is 22.7 Å². The van der Waals surface area contributed by atoms with Gasteiger partial charge in [-0.3, -0.25) is 4.79 Å². The number of primary amides is 1. The third-order valence-corrected chi connectivity index (χ3v) is 5.09. The minimum atomic E-state index is -3.71. The average Bonchev–Trinajstić information content (AvgIpc) is 2.60. The lowest BCUT2D eigenvalue weighted by Gasteiger charge is -2.09. The number of esters is 1. The predicted octanol–water partition coefficient (Wildman–Crippen LogP) is 1.70. The molecule has 0 unspecified atom stereocenters. The Bertz CT molecular complexity index is 911. The van der Waals surface area contributed by atoms with E-state index in [0.29, 0.717) is 11.1 Å². The molecule has 2 aromatic carbocycles. The van der Waals surface area contributed by atoms with Crippen LogP contribution in [0.2, 0.25) is 5.02 Å². The van der Waals surface area contributed by atoms with Crippen LogP contribution in [0, 0.1) is 0 Å². The SMILES string of the molecule is CNS(=O)(=O)c1ccc(Cl)c(C(=O)OCc2ccc(C(N)=O)cc2)c1. The van der Waals surface area contributed by atoms with Gasteiger partial charge in [-0.05, 0) is 42.9 Å². The van der Waals surface area contributed by atoms with Crippen molar-refractivity contribution in [3.8, 4) is 0 Å². The summed E-state index contributed by atoms with van der Waals surface area (Å²) < 4.78 is 30.9. The maximum atomic E-state index is 12.2. The molecule has 0 aliphatic rings. The largest absolute Gasteiger partial charge is 0.457 e. The topological polar surface area (TPSA) is 116 Å². The summed E-state index contributed by atoms with van der Waals surface area (Å²) in [6.45, 7) is -0.0722. The summed E-state index contributed by atoms with van der Waals surface area (Å²) in [5, 5.41) is 0.0733. The second-order valence-electron chi connectivity index (χ2n) is 4.99. The summed E-state index contributed by atoms with van der Waals surface area (Å²) in [6, 6.07) is 9.95. The van der Waals surface area contributed by atoms with Crippen LogP contribution in [0.5, 0.6) is 0 Å². The molecule has 0 radical (unpaired) electrons. The molecule has 0 spiro atoms. The van der Waals surface area contributed by atoms with Gasteiger partial charge < -0.3 is 10.5 Å². The van der Waals surface area contributed by atoms with Crippen LogP contribution in [0.25, 0.3) is 0 Å². The Morgan fingerprint density at radius 2 is 1.80 bits per heavy atom. The van der Waals surface area contributed by atoms with Gasteiger partial charge in [-0.15, -0.1) is 0 Å². The van der Waals surface area contributed by atoms with Crippen LogP contribution < -0.4 is 10.5 Å². The number of halogens is 1. The van der Waals surface area contributed by atoms with Gasteiger partial charge in [0.1, 0.15) is 6.61 Å². The zero-order valence-corrected chi connectivity index (χ0v) is 14.7. The third kappa shape index (κ3) is 4.56. The second-order valence-corrected chi connectivity index (χ2v) is 7.28. The molecule has 132 valence electrons. The van der Waals surface area contributed by atoms with E-state index in [0.717, 1.165) is 6.07 Å². The Labute approximate surface area is 149 Å². The van der Waals surface area contributed by atoms with E-state index in [2.05, 4.69) is 4.72 Å². The van der Waals surface area contributed by atoms with E-state index in [1.165, 1.54) is 31.3 Å². The van der Waals surface area contributed by atoms with Crippen molar-refractivity contribution in [2.24, 2.45) is 5.73 Å². The van der Waals surface area contributed by atoms with E-state index in [1.54, 1.807) is 12.1 Å². The van der Waals surface area contributed by atoms with Gasteiger partial charge in [-0.25, -0.2) is 17.9 Å². The number of hydrogen-bond acceptors (Lipinski definition) is 5. The number of nitrogens with one attached hydrogen (secondary N) is 1. The highest BCUT2D eigenvalue weighted by Crippen LogP contribution is 2.21. The first kappa shape index (κ1) is 18.9. The fourth-order valence-electron chi connectivity index (χ4n) is 1.94. The van der Waals surface area contributed by atoms with Gasteiger partial charge in [0.15, 0.2) is 0 Å². The van der Waals surface area contributed by atoms with E-state index >= 15 is 0 Å². The molecule has 0 saturated carbocycles. The molecule has 0 aliphatic heterocycles. The molecular weight excluding hydrogens is 368 g/mol. The summed E-state index contributed by atoms with van der Waals surface area (Å²) in [5.41, 5.74) is 6.05. The Hall–Kier alpha value is -2.42. The minimum absolute atomic E-state index is 0.0632. The first-order valence-corrected chi connectivity index (χ1v) is 8.89. The van der Waals surface area contributed by atoms with Crippen LogP contribution in [0.4, 0.5) is 0 Å². The number of ether oxygens (including phenoxy) is 1. The number of hydrogen-bond donors (Lipinski definition) is 2. The molecule has 0 saturated heterocycles. The fraction of sp³-hybridized carbons (Fsp3) is 0.125. The van der Waals surface area contributed by atoms with Gasteiger partial charge in [-0.1, -0.05) is 23.7 Å². The number of nitrogens with two attached hydrogens (primary N) is 1. The van der Waals surface area contributed by atoms with Gasteiger partial charge in [0.25, 0.3) is 0 Å². The van der Waals surface area contributed by atoms with Crippen molar-refractivity contribution in [2.75, 3.05) is 7.05 Å². The Morgan fingerprint density at radius 3 is 2.36 bits per heavy atom. The lowest BCUT2D eigenvalue weighted by molar-refractivity contribution is 0.0472. The molecule has 9 heteroatoms. The molecule has 0 aromatic heterocycles. The van der Waals surface area contributed by atoms with Gasteiger partial charge in [-0.2, -0.15) is 0 Å². The first-order valence-electron chi connectivity index (χ1n) is 7.03. The van der Waals surface area contributed by atoms with E-state index in [1.807, 2.05) is 0 Å². The highest BCUT2D eigenvalue weighted by Gasteiger charge is 2.18. The van der Waals surface area contributed by atoms with Gasteiger partial charge in [0.2, 0.25) is 15.9 Å². The van der Waals surface area contributed by atoms with Crippen molar-refractivity contribution in [1.29, 1.82) is 0 Å². The monoisotopic (exact) mass is 382 g/mol. The van der Waals surface area contributed by atoms with Crippen molar-refractivity contribution >= 4 is 33.5 Å². The number of benzene rings is 2. The van der Waals surface area contributed by atoms with Crippen LogP contribution in [0.3, 0.4) is 0 Å². The molecule has 25 heavy (non-hydrogen) atoms. The van der Waals surface area contributed by atoms with E-state index < -0.39 is 21.9 Å². The average molecular weight is 383 g/mol. The first-order chi connectivity index (χ1) is 11.7. The smallest absolute Gasteiger partial charge is 0.340 e. The number of rotatable bonds is 6. The molecule has 3 N–H and O–H groups in total. The second kappa shape index (κ2) is 7.64. The molecule has 0 heterocycles. The highest BCUT2D eigenvalue weighted by atomic mass is 35.5. The molecular formula is C16H15ClN2O5S. The van der Waals surface area contributed by atoms with Crippen molar-refractivity contribution in [3.05, 3.63) is 64.2 Å². The quantitative estimate of drug-likeness (QED) is 0.738. The standard InChI is InChI=1S/C16H15ClN2O5S/c1-19-25(22,23)12-6-7-14(17)13(8-12)16(21)24-9-10-2-4-11(5-3-10)15(18)20/h2-8,19H,9H2,1H3,(H2,18,20). The van der Waals surface area contributed by atoms with Crippen molar-refractivity contribution in [3.63, 3.8) is 0 Å². The van der Waals surface area contributed by atoms with Gasteiger partial charge in [0.05, 0.1) is 15.5 Å². The van der Waals surface area contributed by atoms with Crippen LogP contribution >= 0.6 is 11.6 Å². The summed E-state index contributed by atoms with van der Waals surface area (Å²) >= 11 is 5.95. The molecule has 0 atom stereocenters. The van der Waals surface area contributed by atoms with Crippen LogP contribution in [-0.2, 0) is 21.4 Å². The maximum Gasteiger partial charge on any atom is 0.340 e. The molecule has 2 aromatic rings. The number of sulfonamides is 1. The normalized spacial score (nSPS) is 11.1. The number of amides is 1. The van der Waals surface area contributed by atoms with E-state index in [4.69, 9.17) is 22.1 Å². The number of carbonyl (C=O) groups excluding carboxylic acids is 2. The molecule has 0 fully saturated rings. The third-order valence-electron chi connectivity index (χ3n) is 3.35. The molecule has 2 rings (SSSR count). The zero-order chi connectivity index (χ0) is 18.6. The lowest BCUT2D eigenvalue weighted by Crippen LogP contribution is -2.19. The predicted molar refractivity (Wildman–Crippen MR) is 91.8 cm³/mol. The summed E-state index contributed by atoms with van der Waals surface area (Å²) in [6.07, 6.45) is 0. The molecule has 7 nitrogen and oxygen atoms in total. The van der Waals surface area contributed by atoms with Crippen LogP contribution in [0.1, 0.15) is 26.3 Å². The van der Waals surface area contributed by atoms with Crippen LogP contribution in [-0.4, -0.2) is 27.3 Å². The maximum absolute atomic E-state index is 12.2. The van der Waals surface area contributed by atoms with Gasteiger partial charge in [0, 0.05) is 5.56 Å². The summed E-state index contributed by atoms with van der Waals surface area (Å²) in [7, 11) is -2.45. The molecule has 0 bridgehead atoms. The Kier molecular flexibility index (Phi) is 5.78. The zero-order valence-electron chi connectivity index (χ0n) is 13.2. The van der Waals surface area contributed by atoms with Crippen molar-refractivity contribution in [1.82, 2.24) is 4.72 Å². The highest BCUT2D eigenvalue weighted by molar-refractivity contribution is 7.89. The number of carbonyl (C=O) groups is 2. The molecule has 0 aliphatic carbocycles. The Balaban J connectivity index is 2.15. The molecule has 1 amide bonds. The summed E-state index contributed by atoms with van der Waals surface area (Å²) in [5.74, 6) is -1.32. The lowest BCUT2D eigenvalue weighted by atomic mass is 10.1. The van der Waals surface area contributed by atoms with Crippen LogP contribution in [0.15, 0.2) is 47.4 Å². The Morgan fingerprint density at radius 1 is 1.16 bits per heavy atom. The summed E-state index contributed by atoms with van der Waals surface area (Å²) in [4.78, 5) is 23.1.